The van der Waals surface area contributed by atoms with E-state index in [4.69, 9.17) is 9.84 Å². The van der Waals surface area contributed by atoms with Gasteiger partial charge in [-0.2, -0.15) is 0 Å². The second kappa shape index (κ2) is 4.07. The standard InChI is InChI=1S/C9H16O4/c1-5-7(4-10)8(12)3-9(5)13-6(2)11/h5,7-10,12H,3-4H2,1-2H3. The first-order valence-electron chi connectivity index (χ1n) is 4.52. The number of aliphatic hydroxyl groups is 2. The normalized spacial score (nSPS) is 39.1. The number of esters is 1. The van der Waals surface area contributed by atoms with Crippen LogP contribution in [0.3, 0.4) is 0 Å². The summed E-state index contributed by atoms with van der Waals surface area (Å²) in [5, 5.41) is 18.4. The molecule has 0 aromatic carbocycles. The van der Waals surface area contributed by atoms with Gasteiger partial charge in [-0.05, 0) is 0 Å². The van der Waals surface area contributed by atoms with Crippen molar-refractivity contribution in [2.75, 3.05) is 6.61 Å². The van der Waals surface area contributed by atoms with Gasteiger partial charge in [0.1, 0.15) is 6.10 Å². The highest BCUT2D eigenvalue weighted by molar-refractivity contribution is 5.66. The van der Waals surface area contributed by atoms with Crippen LogP contribution in [-0.2, 0) is 9.53 Å². The molecule has 0 aliphatic heterocycles. The van der Waals surface area contributed by atoms with E-state index in [9.17, 15) is 9.90 Å². The van der Waals surface area contributed by atoms with E-state index in [1.807, 2.05) is 6.92 Å². The van der Waals surface area contributed by atoms with E-state index in [1.165, 1.54) is 6.92 Å². The van der Waals surface area contributed by atoms with Crippen LogP contribution in [0.2, 0.25) is 0 Å². The maximum atomic E-state index is 10.7. The third-order valence-electron chi connectivity index (χ3n) is 2.76. The third-order valence-corrected chi connectivity index (χ3v) is 2.76. The Morgan fingerprint density at radius 2 is 2.23 bits per heavy atom. The fourth-order valence-corrected chi connectivity index (χ4v) is 1.91. The summed E-state index contributed by atoms with van der Waals surface area (Å²) in [7, 11) is 0. The van der Waals surface area contributed by atoms with E-state index in [1.54, 1.807) is 0 Å². The highest BCUT2D eigenvalue weighted by Crippen LogP contribution is 2.33. The third kappa shape index (κ3) is 2.19. The van der Waals surface area contributed by atoms with Crippen molar-refractivity contribution in [2.24, 2.45) is 11.8 Å². The van der Waals surface area contributed by atoms with Crippen molar-refractivity contribution in [1.29, 1.82) is 0 Å². The van der Waals surface area contributed by atoms with Crippen LogP contribution < -0.4 is 0 Å². The highest BCUT2D eigenvalue weighted by Gasteiger charge is 2.41. The molecular formula is C9H16O4. The second-order valence-electron chi connectivity index (χ2n) is 3.66. The van der Waals surface area contributed by atoms with Crippen LogP contribution in [0, 0.1) is 11.8 Å². The van der Waals surface area contributed by atoms with Crippen LogP contribution in [0.25, 0.3) is 0 Å². The van der Waals surface area contributed by atoms with E-state index in [0.29, 0.717) is 6.42 Å². The minimum atomic E-state index is -0.552. The number of hydrogen-bond donors (Lipinski definition) is 2. The topological polar surface area (TPSA) is 66.8 Å². The highest BCUT2D eigenvalue weighted by atomic mass is 16.5. The first-order chi connectivity index (χ1) is 6.06. The molecule has 0 saturated heterocycles. The Labute approximate surface area is 77.5 Å². The molecular weight excluding hydrogens is 172 g/mol. The molecule has 0 radical (unpaired) electrons. The van der Waals surface area contributed by atoms with Gasteiger partial charge in [0, 0.05) is 31.8 Å². The number of hydrogen-bond acceptors (Lipinski definition) is 4. The van der Waals surface area contributed by atoms with Gasteiger partial charge in [-0.3, -0.25) is 4.79 Å². The van der Waals surface area contributed by atoms with Gasteiger partial charge in [0.15, 0.2) is 0 Å². The van der Waals surface area contributed by atoms with Crippen LogP contribution in [0.1, 0.15) is 20.3 Å². The van der Waals surface area contributed by atoms with Crippen LogP contribution in [-0.4, -0.2) is 35.0 Å². The Bertz CT molecular complexity index is 192. The molecule has 1 saturated carbocycles. The van der Waals surface area contributed by atoms with Gasteiger partial charge < -0.3 is 14.9 Å². The zero-order valence-electron chi connectivity index (χ0n) is 7.93. The van der Waals surface area contributed by atoms with E-state index in [0.717, 1.165) is 0 Å². The van der Waals surface area contributed by atoms with Gasteiger partial charge in [0.05, 0.1) is 6.10 Å². The summed E-state index contributed by atoms with van der Waals surface area (Å²) in [6.45, 7) is 3.18. The quantitative estimate of drug-likeness (QED) is 0.595. The molecule has 4 nitrogen and oxygen atoms in total. The van der Waals surface area contributed by atoms with Crippen LogP contribution >= 0.6 is 0 Å². The average Bonchev–Trinajstić information content (AvgIpc) is 2.26. The Balaban J connectivity index is 2.56. The molecule has 0 bridgehead atoms. The van der Waals surface area contributed by atoms with Gasteiger partial charge in [-0.15, -0.1) is 0 Å². The molecule has 1 aliphatic carbocycles. The fourth-order valence-electron chi connectivity index (χ4n) is 1.91. The lowest BCUT2D eigenvalue weighted by Gasteiger charge is -2.18. The zero-order valence-corrected chi connectivity index (χ0v) is 7.93. The lowest BCUT2D eigenvalue weighted by molar-refractivity contribution is -0.148. The lowest BCUT2D eigenvalue weighted by atomic mass is 9.97. The number of ether oxygens (including phenoxy) is 1. The molecule has 2 N–H and O–H groups in total. The van der Waals surface area contributed by atoms with Crippen molar-refractivity contribution in [3.63, 3.8) is 0 Å². The molecule has 0 amide bonds. The predicted octanol–water partition coefficient (Wildman–Crippen LogP) is -0.0727. The number of aliphatic hydroxyl groups excluding tert-OH is 2. The molecule has 1 aliphatic rings. The van der Waals surface area contributed by atoms with Crippen molar-refractivity contribution in [3.8, 4) is 0 Å². The maximum absolute atomic E-state index is 10.7. The Kier molecular flexibility index (Phi) is 3.27. The summed E-state index contributed by atoms with van der Waals surface area (Å²) in [5.41, 5.74) is 0. The Morgan fingerprint density at radius 3 is 2.62 bits per heavy atom. The van der Waals surface area contributed by atoms with Crippen molar-refractivity contribution in [2.45, 2.75) is 32.5 Å². The van der Waals surface area contributed by atoms with E-state index in [2.05, 4.69) is 0 Å². The summed E-state index contributed by atoms with van der Waals surface area (Å²) in [6.07, 6.45) is -0.361. The molecule has 76 valence electrons. The summed E-state index contributed by atoms with van der Waals surface area (Å²) >= 11 is 0. The average molecular weight is 188 g/mol. The molecule has 0 aromatic rings. The van der Waals surface area contributed by atoms with Crippen molar-refractivity contribution in [1.82, 2.24) is 0 Å². The first-order valence-corrected chi connectivity index (χ1v) is 4.52. The minimum absolute atomic E-state index is 0.0314. The van der Waals surface area contributed by atoms with Gasteiger partial charge in [-0.1, -0.05) is 6.92 Å². The summed E-state index contributed by atoms with van der Waals surface area (Å²) in [4.78, 5) is 10.7. The molecule has 4 atom stereocenters. The molecule has 0 heterocycles. The Hall–Kier alpha value is -0.610. The van der Waals surface area contributed by atoms with Gasteiger partial charge in [-0.25, -0.2) is 0 Å². The van der Waals surface area contributed by atoms with E-state index in [-0.39, 0.29) is 30.5 Å². The summed E-state index contributed by atoms with van der Waals surface area (Å²) in [6, 6.07) is 0. The number of rotatable bonds is 2. The van der Waals surface area contributed by atoms with Crippen molar-refractivity contribution in [3.05, 3.63) is 0 Å². The molecule has 0 aromatic heterocycles. The molecule has 0 spiro atoms. The maximum Gasteiger partial charge on any atom is 0.302 e. The van der Waals surface area contributed by atoms with Crippen LogP contribution in [0.15, 0.2) is 0 Å². The van der Waals surface area contributed by atoms with Gasteiger partial charge >= 0.3 is 5.97 Å². The summed E-state index contributed by atoms with van der Waals surface area (Å²) in [5.74, 6) is -0.462. The second-order valence-corrected chi connectivity index (χ2v) is 3.66. The van der Waals surface area contributed by atoms with Crippen LogP contribution in [0.5, 0.6) is 0 Å². The smallest absolute Gasteiger partial charge is 0.302 e. The zero-order chi connectivity index (χ0) is 10.0. The molecule has 1 rings (SSSR count). The van der Waals surface area contributed by atoms with E-state index >= 15 is 0 Å². The molecule has 1 fully saturated rings. The van der Waals surface area contributed by atoms with Crippen LogP contribution in [0.4, 0.5) is 0 Å². The SMILES string of the molecule is CC(=O)OC1CC(O)C(CO)C1C. The predicted molar refractivity (Wildman–Crippen MR) is 45.9 cm³/mol. The van der Waals surface area contributed by atoms with E-state index < -0.39 is 6.10 Å². The van der Waals surface area contributed by atoms with Crippen molar-refractivity contribution < 1.29 is 19.7 Å². The molecule has 13 heavy (non-hydrogen) atoms. The number of carbonyl (C=O) groups excluding carboxylic acids is 1. The monoisotopic (exact) mass is 188 g/mol. The molecule has 4 heteroatoms. The fraction of sp³-hybridized carbons (Fsp3) is 0.889. The van der Waals surface area contributed by atoms with Gasteiger partial charge in [0.25, 0.3) is 0 Å². The largest absolute Gasteiger partial charge is 0.462 e. The molecule has 4 unspecified atom stereocenters. The minimum Gasteiger partial charge on any atom is -0.462 e. The van der Waals surface area contributed by atoms with Crippen molar-refractivity contribution >= 4 is 5.97 Å². The Morgan fingerprint density at radius 1 is 1.62 bits per heavy atom. The first kappa shape index (κ1) is 10.5. The number of carbonyl (C=O) groups is 1. The summed E-state index contributed by atoms with van der Waals surface area (Å²) < 4.78 is 5.02. The van der Waals surface area contributed by atoms with Gasteiger partial charge in [0.2, 0.25) is 0 Å². The lowest BCUT2D eigenvalue weighted by Crippen LogP contribution is -2.24.